The molecule has 0 amide bonds. The third-order valence-electron chi connectivity index (χ3n) is 3.88. The second kappa shape index (κ2) is 5.12. The van der Waals surface area contributed by atoms with Gasteiger partial charge in [-0.25, -0.2) is 0 Å². The van der Waals surface area contributed by atoms with Crippen LogP contribution in [0.5, 0.6) is 5.75 Å². The number of ketones is 1. The molecule has 0 spiro atoms. The molecule has 1 aliphatic rings. The summed E-state index contributed by atoms with van der Waals surface area (Å²) >= 11 is 0. The molecule has 0 radical (unpaired) electrons. The van der Waals surface area contributed by atoms with Gasteiger partial charge in [0.05, 0.1) is 5.92 Å². The van der Waals surface area contributed by atoms with E-state index in [0.29, 0.717) is 12.5 Å². The maximum Gasteiger partial charge on any atom is 0.173 e. The molecule has 1 heterocycles. The minimum atomic E-state index is -0.170. The van der Waals surface area contributed by atoms with Crippen LogP contribution in [0.3, 0.4) is 0 Å². The predicted molar refractivity (Wildman–Crippen MR) is 79.5 cm³/mol. The number of rotatable bonds is 3. The summed E-state index contributed by atoms with van der Waals surface area (Å²) in [5.74, 6) is 1.29. The van der Waals surface area contributed by atoms with Gasteiger partial charge in [-0.05, 0) is 17.5 Å². The highest BCUT2D eigenvalue weighted by atomic mass is 16.5. The zero-order chi connectivity index (χ0) is 14.1. The topological polar surface area (TPSA) is 26.3 Å². The van der Waals surface area contributed by atoms with Crippen molar-refractivity contribution in [3.05, 3.63) is 65.2 Å². The standard InChI is InChI=1S/C18H18O2/c1-12(2)13-7-9-14(10-8-13)18(19)16-11-20-17-6-4-3-5-15(16)17/h3-10,12,16H,11H2,1-2H3. The van der Waals surface area contributed by atoms with Crippen LogP contribution in [-0.2, 0) is 0 Å². The molecule has 1 aliphatic heterocycles. The van der Waals surface area contributed by atoms with Crippen molar-refractivity contribution in [3.8, 4) is 5.75 Å². The molecule has 2 aromatic rings. The molecule has 0 fully saturated rings. The number of hydrogen-bond acceptors (Lipinski definition) is 2. The van der Waals surface area contributed by atoms with Crippen molar-refractivity contribution in [2.45, 2.75) is 25.7 Å². The molecule has 0 bridgehead atoms. The Balaban J connectivity index is 1.87. The molecule has 2 heteroatoms. The zero-order valence-electron chi connectivity index (χ0n) is 11.8. The Hall–Kier alpha value is -2.09. The molecule has 0 saturated carbocycles. The summed E-state index contributed by atoms with van der Waals surface area (Å²) in [5.41, 5.74) is 3.02. The van der Waals surface area contributed by atoms with Gasteiger partial charge >= 0.3 is 0 Å². The molecule has 3 rings (SSSR count). The molecule has 1 atom stereocenters. The van der Waals surface area contributed by atoms with Crippen LogP contribution >= 0.6 is 0 Å². The van der Waals surface area contributed by atoms with Crippen molar-refractivity contribution < 1.29 is 9.53 Å². The lowest BCUT2D eigenvalue weighted by Crippen LogP contribution is -2.14. The fraction of sp³-hybridized carbons (Fsp3) is 0.278. The smallest absolute Gasteiger partial charge is 0.173 e. The fourth-order valence-electron chi connectivity index (χ4n) is 2.61. The maximum atomic E-state index is 12.6. The first-order valence-corrected chi connectivity index (χ1v) is 7.02. The van der Waals surface area contributed by atoms with E-state index in [1.54, 1.807) is 0 Å². The molecule has 0 aliphatic carbocycles. The summed E-state index contributed by atoms with van der Waals surface area (Å²) in [6.07, 6.45) is 0. The van der Waals surface area contributed by atoms with E-state index in [1.165, 1.54) is 5.56 Å². The van der Waals surface area contributed by atoms with Gasteiger partial charge in [0.2, 0.25) is 0 Å². The highest BCUT2D eigenvalue weighted by Gasteiger charge is 2.30. The van der Waals surface area contributed by atoms with Gasteiger partial charge in [-0.2, -0.15) is 0 Å². The lowest BCUT2D eigenvalue weighted by molar-refractivity contribution is 0.0947. The number of hydrogen-bond donors (Lipinski definition) is 0. The normalized spacial score (nSPS) is 16.9. The number of Topliss-reactive ketones (excluding diaryl/α,β-unsaturated/α-hetero) is 1. The molecule has 102 valence electrons. The Morgan fingerprint density at radius 3 is 2.50 bits per heavy atom. The van der Waals surface area contributed by atoms with E-state index >= 15 is 0 Å². The van der Waals surface area contributed by atoms with Gasteiger partial charge in [0.25, 0.3) is 0 Å². The first-order valence-electron chi connectivity index (χ1n) is 7.02. The summed E-state index contributed by atoms with van der Waals surface area (Å²) in [5, 5.41) is 0. The summed E-state index contributed by atoms with van der Waals surface area (Å²) in [4.78, 5) is 12.6. The van der Waals surface area contributed by atoms with Gasteiger partial charge < -0.3 is 4.74 Å². The van der Waals surface area contributed by atoms with E-state index in [2.05, 4.69) is 13.8 Å². The van der Waals surface area contributed by atoms with E-state index in [4.69, 9.17) is 4.74 Å². The van der Waals surface area contributed by atoms with Crippen LogP contribution in [0.25, 0.3) is 0 Å². The molecular formula is C18H18O2. The first-order chi connectivity index (χ1) is 9.66. The molecule has 0 saturated heterocycles. The van der Waals surface area contributed by atoms with Crippen molar-refractivity contribution >= 4 is 5.78 Å². The average molecular weight is 266 g/mol. The SMILES string of the molecule is CC(C)c1ccc(C(=O)C2COc3ccccc32)cc1. The first kappa shape index (κ1) is 12.9. The van der Waals surface area contributed by atoms with Crippen LogP contribution in [0.4, 0.5) is 0 Å². The second-order valence-electron chi connectivity index (χ2n) is 5.54. The third-order valence-corrected chi connectivity index (χ3v) is 3.88. The maximum absolute atomic E-state index is 12.6. The highest BCUT2D eigenvalue weighted by Crippen LogP contribution is 2.35. The fourth-order valence-corrected chi connectivity index (χ4v) is 2.61. The van der Waals surface area contributed by atoms with E-state index in [9.17, 15) is 4.79 Å². The van der Waals surface area contributed by atoms with E-state index in [-0.39, 0.29) is 11.7 Å². The molecule has 0 aromatic heterocycles. The van der Waals surface area contributed by atoms with Crippen LogP contribution in [0.1, 0.15) is 47.2 Å². The summed E-state index contributed by atoms with van der Waals surface area (Å²) in [6.45, 7) is 4.75. The number of fused-ring (bicyclic) bond motifs is 1. The molecule has 1 unspecified atom stereocenters. The van der Waals surface area contributed by atoms with Crippen LogP contribution in [0.2, 0.25) is 0 Å². The number of ether oxygens (including phenoxy) is 1. The van der Waals surface area contributed by atoms with E-state index in [1.807, 2.05) is 48.5 Å². The van der Waals surface area contributed by atoms with Crippen molar-refractivity contribution in [2.24, 2.45) is 0 Å². The lowest BCUT2D eigenvalue weighted by Gasteiger charge is -2.10. The molecule has 20 heavy (non-hydrogen) atoms. The van der Waals surface area contributed by atoms with Gasteiger partial charge in [-0.15, -0.1) is 0 Å². The van der Waals surface area contributed by atoms with Crippen LogP contribution < -0.4 is 4.74 Å². The Morgan fingerprint density at radius 1 is 1.10 bits per heavy atom. The minimum Gasteiger partial charge on any atom is -0.492 e. The minimum absolute atomic E-state index is 0.144. The number of para-hydroxylation sites is 1. The number of benzene rings is 2. The Bertz CT molecular complexity index is 626. The molecular weight excluding hydrogens is 248 g/mol. The van der Waals surface area contributed by atoms with Crippen molar-refractivity contribution in [1.82, 2.24) is 0 Å². The van der Waals surface area contributed by atoms with Crippen molar-refractivity contribution in [1.29, 1.82) is 0 Å². The van der Waals surface area contributed by atoms with E-state index < -0.39 is 0 Å². The van der Waals surface area contributed by atoms with Crippen molar-refractivity contribution in [2.75, 3.05) is 6.61 Å². The Kier molecular flexibility index (Phi) is 3.31. The zero-order valence-corrected chi connectivity index (χ0v) is 11.8. The third kappa shape index (κ3) is 2.22. The highest BCUT2D eigenvalue weighted by molar-refractivity contribution is 6.01. The average Bonchev–Trinajstić information content (AvgIpc) is 2.90. The molecule has 2 aromatic carbocycles. The summed E-state index contributed by atoms with van der Waals surface area (Å²) in [7, 11) is 0. The quantitative estimate of drug-likeness (QED) is 0.779. The number of carbonyl (C=O) groups is 1. The van der Waals surface area contributed by atoms with Gasteiger partial charge in [-0.3, -0.25) is 4.79 Å². The number of carbonyl (C=O) groups excluding carboxylic acids is 1. The summed E-state index contributed by atoms with van der Waals surface area (Å²) < 4.78 is 5.59. The van der Waals surface area contributed by atoms with Gasteiger partial charge in [0.1, 0.15) is 12.4 Å². The monoisotopic (exact) mass is 266 g/mol. The lowest BCUT2D eigenvalue weighted by atomic mass is 9.91. The van der Waals surface area contributed by atoms with Gasteiger partial charge in [0, 0.05) is 11.1 Å². The predicted octanol–water partition coefficient (Wildman–Crippen LogP) is 4.17. The van der Waals surface area contributed by atoms with Gasteiger partial charge in [0.15, 0.2) is 5.78 Å². The summed E-state index contributed by atoms with van der Waals surface area (Å²) in [6, 6.07) is 15.7. The van der Waals surface area contributed by atoms with Crippen LogP contribution in [0.15, 0.2) is 48.5 Å². The Labute approximate surface area is 119 Å². The molecule has 2 nitrogen and oxygen atoms in total. The van der Waals surface area contributed by atoms with Crippen molar-refractivity contribution in [3.63, 3.8) is 0 Å². The Morgan fingerprint density at radius 2 is 1.80 bits per heavy atom. The van der Waals surface area contributed by atoms with Crippen LogP contribution in [-0.4, -0.2) is 12.4 Å². The second-order valence-corrected chi connectivity index (χ2v) is 5.54. The van der Waals surface area contributed by atoms with Crippen LogP contribution in [0, 0.1) is 0 Å². The van der Waals surface area contributed by atoms with E-state index in [0.717, 1.165) is 16.9 Å². The molecule has 0 N–H and O–H groups in total. The van der Waals surface area contributed by atoms with Gasteiger partial charge in [-0.1, -0.05) is 56.3 Å². The largest absolute Gasteiger partial charge is 0.492 e.